The highest BCUT2D eigenvalue weighted by Crippen LogP contribution is 2.28. The summed E-state index contributed by atoms with van der Waals surface area (Å²) in [5, 5.41) is 11.6. The molecule has 2 aromatic rings. The first-order valence-corrected chi connectivity index (χ1v) is 11.7. The Morgan fingerprint density at radius 1 is 1.16 bits per heavy atom. The lowest BCUT2D eigenvalue weighted by atomic mass is 9.95. The van der Waals surface area contributed by atoms with E-state index in [1.54, 1.807) is 6.92 Å². The Balaban J connectivity index is 1.59. The van der Waals surface area contributed by atoms with Crippen molar-refractivity contribution in [1.29, 1.82) is 5.41 Å². The van der Waals surface area contributed by atoms with Crippen molar-refractivity contribution in [3.05, 3.63) is 57.1 Å². The lowest BCUT2D eigenvalue weighted by molar-refractivity contribution is 0.0704. The number of nitrogens with zero attached hydrogens (tertiary/aromatic N) is 2. The summed E-state index contributed by atoms with van der Waals surface area (Å²) in [5.41, 5.74) is 1.95. The van der Waals surface area contributed by atoms with Gasteiger partial charge in [0.1, 0.15) is 17.2 Å². The molecule has 7 heteroatoms. The molecule has 170 valence electrons. The Labute approximate surface area is 189 Å². The fourth-order valence-electron chi connectivity index (χ4n) is 4.94. The number of rotatable bonds is 5. The number of carbonyl (C=O) groups is 1. The van der Waals surface area contributed by atoms with Crippen molar-refractivity contribution in [1.82, 2.24) is 14.9 Å². The maximum absolute atomic E-state index is 13.1. The third-order valence-electron chi connectivity index (χ3n) is 6.73. The molecule has 1 unspecified atom stereocenters. The van der Waals surface area contributed by atoms with Crippen LogP contribution in [0.15, 0.2) is 29.1 Å². The second-order valence-electron chi connectivity index (χ2n) is 9.18. The minimum atomic E-state index is -0.275. The highest BCUT2D eigenvalue weighted by atomic mass is 16.2. The van der Waals surface area contributed by atoms with E-state index in [-0.39, 0.29) is 29.1 Å². The van der Waals surface area contributed by atoms with Crippen LogP contribution in [0.5, 0.6) is 0 Å². The van der Waals surface area contributed by atoms with Crippen molar-refractivity contribution in [2.24, 2.45) is 0 Å². The average Bonchev–Trinajstić information content (AvgIpc) is 2.79. The lowest BCUT2D eigenvalue weighted by Gasteiger charge is -2.33. The van der Waals surface area contributed by atoms with E-state index in [1.165, 1.54) is 19.3 Å². The summed E-state index contributed by atoms with van der Waals surface area (Å²) in [6.45, 7) is 4.82. The van der Waals surface area contributed by atoms with E-state index in [4.69, 9.17) is 10.4 Å². The molecule has 1 aliphatic heterocycles. The Morgan fingerprint density at radius 2 is 1.91 bits per heavy atom. The molecule has 2 aliphatic rings. The van der Waals surface area contributed by atoms with Crippen LogP contribution in [0.25, 0.3) is 0 Å². The largest absolute Gasteiger partial charge is 0.367 e. The van der Waals surface area contributed by atoms with Gasteiger partial charge >= 0.3 is 0 Å². The number of aryl methyl sites for hydroxylation is 1. The Hall–Kier alpha value is -2.96. The molecule has 0 bridgehead atoms. The van der Waals surface area contributed by atoms with Crippen LogP contribution in [0.3, 0.4) is 0 Å². The van der Waals surface area contributed by atoms with Crippen molar-refractivity contribution >= 4 is 17.4 Å². The maximum atomic E-state index is 13.1. The van der Waals surface area contributed by atoms with Crippen LogP contribution in [0.4, 0.5) is 5.82 Å². The quantitative estimate of drug-likeness (QED) is 0.612. The van der Waals surface area contributed by atoms with Crippen molar-refractivity contribution in [3.8, 4) is 0 Å². The topological polar surface area (TPSA) is 102 Å². The zero-order chi connectivity index (χ0) is 22.7. The maximum Gasteiger partial charge on any atom is 0.262 e. The van der Waals surface area contributed by atoms with Gasteiger partial charge < -0.3 is 20.6 Å². The Bertz CT molecular complexity index is 1050. The molecule has 32 heavy (non-hydrogen) atoms. The summed E-state index contributed by atoms with van der Waals surface area (Å²) in [6.07, 6.45) is 7.44. The van der Waals surface area contributed by atoms with Crippen LogP contribution in [0.2, 0.25) is 0 Å². The van der Waals surface area contributed by atoms with Gasteiger partial charge in [0, 0.05) is 36.3 Å². The van der Waals surface area contributed by atoms with E-state index in [0.29, 0.717) is 30.3 Å². The molecule has 1 amide bonds. The number of hydrogen-bond acceptors (Lipinski definition) is 5. The number of nitrogens with one attached hydrogen (secondary N) is 3. The van der Waals surface area contributed by atoms with Gasteiger partial charge in [0.2, 0.25) is 0 Å². The van der Waals surface area contributed by atoms with Crippen LogP contribution in [-0.2, 0) is 0 Å². The van der Waals surface area contributed by atoms with Crippen molar-refractivity contribution in [3.63, 3.8) is 0 Å². The first kappa shape index (κ1) is 22.2. The number of hydrogen-bond donors (Lipinski definition) is 3. The van der Waals surface area contributed by atoms with Gasteiger partial charge in [-0.15, -0.1) is 0 Å². The SMILES string of the molecule is CC(=N)c1c(NC2CCCCC2)nc(C2CCCN(C(=O)c3ccccc3C)C2)[nH]c1=O. The molecule has 0 radical (unpaired) electrons. The summed E-state index contributed by atoms with van der Waals surface area (Å²) in [6, 6.07) is 7.94. The monoisotopic (exact) mass is 435 g/mol. The van der Waals surface area contributed by atoms with E-state index in [1.807, 2.05) is 36.1 Å². The van der Waals surface area contributed by atoms with Gasteiger partial charge in [-0.05, 0) is 51.2 Å². The minimum absolute atomic E-state index is 0.0302. The molecule has 0 spiro atoms. The number of aromatic nitrogens is 2. The third-order valence-corrected chi connectivity index (χ3v) is 6.73. The van der Waals surface area contributed by atoms with Crippen LogP contribution in [0, 0.1) is 12.3 Å². The van der Waals surface area contributed by atoms with Crippen LogP contribution in [0.1, 0.15) is 85.1 Å². The number of H-pyrrole nitrogens is 1. The highest BCUT2D eigenvalue weighted by molar-refractivity contribution is 6.00. The second kappa shape index (κ2) is 9.67. The molecule has 2 fully saturated rings. The summed E-state index contributed by atoms with van der Waals surface area (Å²) >= 11 is 0. The number of anilines is 1. The molecule has 1 saturated heterocycles. The predicted octanol–water partition coefficient (Wildman–Crippen LogP) is 4.23. The van der Waals surface area contributed by atoms with E-state index >= 15 is 0 Å². The standard InChI is InChI=1S/C25H33N5O2/c1-16-9-6-7-13-20(16)25(32)30-14-8-10-18(15-30)22-28-23(21(17(2)26)24(31)29-22)27-19-11-4-3-5-12-19/h6-7,9,13,18-19,26H,3-5,8,10-12,14-15H2,1-2H3,(H2,27,28,29,31). The van der Waals surface area contributed by atoms with Gasteiger partial charge in [0.25, 0.3) is 11.5 Å². The molecule has 2 heterocycles. The second-order valence-corrected chi connectivity index (χ2v) is 9.18. The zero-order valence-corrected chi connectivity index (χ0v) is 19.0. The normalized spacial score (nSPS) is 19.6. The fraction of sp³-hybridized carbons (Fsp3) is 0.520. The number of carbonyl (C=O) groups excluding carboxylic acids is 1. The molecule has 1 aromatic heterocycles. The first-order valence-electron chi connectivity index (χ1n) is 11.7. The molecule has 1 aliphatic carbocycles. The number of amides is 1. The van der Waals surface area contributed by atoms with Gasteiger partial charge in [-0.25, -0.2) is 4.98 Å². The molecule has 4 rings (SSSR count). The number of benzene rings is 1. The number of piperidine rings is 1. The summed E-state index contributed by atoms with van der Waals surface area (Å²) in [4.78, 5) is 35.7. The molecule has 1 saturated carbocycles. The van der Waals surface area contributed by atoms with E-state index in [0.717, 1.165) is 36.8 Å². The summed E-state index contributed by atoms with van der Waals surface area (Å²) in [7, 11) is 0. The molecule has 3 N–H and O–H groups in total. The van der Waals surface area contributed by atoms with Gasteiger partial charge in [0.15, 0.2) is 0 Å². The van der Waals surface area contributed by atoms with Crippen LogP contribution < -0.4 is 10.9 Å². The minimum Gasteiger partial charge on any atom is -0.367 e. The van der Waals surface area contributed by atoms with Gasteiger partial charge in [-0.2, -0.15) is 0 Å². The van der Waals surface area contributed by atoms with Crippen molar-refractivity contribution in [2.75, 3.05) is 18.4 Å². The van der Waals surface area contributed by atoms with Crippen molar-refractivity contribution < 1.29 is 4.79 Å². The smallest absolute Gasteiger partial charge is 0.262 e. The van der Waals surface area contributed by atoms with E-state index in [2.05, 4.69) is 10.3 Å². The predicted molar refractivity (Wildman–Crippen MR) is 127 cm³/mol. The Morgan fingerprint density at radius 3 is 2.62 bits per heavy atom. The van der Waals surface area contributed by atoms with E-state index in [9.17, 15) is 9.59 Å². The fourth-order valence-corrected chi connectivity index (χ4v) is 4.94. The van der Waals surface area contributed by atoms with Crippen LogP contribution >= 0.6 is 0 Å². The number of likely N-dealkylation sites (tertiary alicyclic amines) is 1. The Kier molecular flexibility index (Phi) is 6.72. The average molecular weight is 436 g/mol. The molecular formula is C25H33N5O2. The third kappa shape index (κ3) is 4.76. The molecule has 1 aromatic carbocycles. The van der Waals surface area contributed by atoms with Crippen molar-refractivity contribution in [2.45, 2.75) is 70.8 Å². The first-order chi connectivity index (χ1) is 15.4. The van der Waals surface area contributed by atoms with Crippen LogP contribution in [-0.4, -0.2) is 45.6 Å². The highest BCUT2D eigenvalue weighted by Gasteiger charge is 2.29. The van der Waals surface area contributed by atoms with E-state index < -0.39 is 0 Å². The molecular weight excluding hydrogens is 402 g/mol. The summed E-state index contributed by atoms with van der Waals surface area (Å²) in [5.74, 6) is 1.13. The lowest BCUT2D eigenvalue weighted by Crippen LogP contribution is -2.40. The van der Waals surface area contributed by atoms with Gasteiger partial charge in [-0.1, -0.05) is 37.5 Å². The van der Waals surface area contributed by atoms with Gasteiger partial charge in [-0.3, -0.25) is 9.59 Å². The summed E-state index contributed by atoms with van der Waals surface area (Å²) < 4.78 is 0. The molecule has 7 nitrogen and oxygen atoms in total. The molecule has 1 atom stereocenters. The number of aromatic amines is 1. The zero-order valence-electron chi connectivity index (χ0n) is 19.0. The van der Waals surface area contributed by atoms with Gasteiger partial charge in [0.05, 0.1) is 0 Å².